The number of carboxylic acid groups (broad SMARTS) is 1. The van der Waals surface area contributed by atoms with Crippen LogP contribution in [0.25, 0.3) is 0 Å². The number of carbonyl (C=O) groups excluding carboxylic acids is 3. The summed E-state index contributed by atoms with van der Waals surface area (Å²) < 4.78 is 23.2. The van der Waals surface area contributed by atoms with Crippen LogP contribution in [0.2, 0.25) is 0 Å². The molecule has 1 aliphatic carbocycles. The topological polar surface area (TPSA) is 129 Å². The first kappa shape index (κ1) is 30.9. The van der Waals surface area contributed by atoms with Gasteiger partial charge in [0, 0.05) is 0 Å². The van der Waals surface area contributed by atoms with Gasteiger partial charge in [-0.1, -0.05) is 31.7 Å². The fraction of sp³-hybridized carbons (Fsp3) is 0.500. The molecule has 1 amide bonds. The smallest absolute Gasteiger partial charge is 0.344 e. The number of aromatic carboxylic acids is 1. The standard InChI is InChI=1S/C32H39NO9/c1-31(2,3)41-25(34)17-33-22-16-21(30(37)38)12-13-23(22)40-24-14-11-20(15-19-9-7-8-10-19)28(27(24)29(33)36)39-18-26(35)42-32(4,5)6/h11-14,16,19H,7-10,15,17-18H2,1-6H3,(H,37,38). The second kappa shape index (κ2) is 12.0. The summed E-state index contributed by atoms with van der Waals surface area (Å²) in [6.07, 6.45) is 4.96. The number of hydrogen-bond donors (Lipinski definition) is 1. The van der Waals surface area contributed by atoms with Crippen LogP contribution in [0.4, 0.5) is 5.69 Å². The van der Waals surface area contributed by atoms with E-state index in [2.05, 4.69) is 0 Å². The first-order valence-corrected chi connectivity index (χ1v) is 14.2. The second-order valence-corrected chi connectivity index (χ2v) is 12.7. The molecule has 2 aromatic carbocycles. The van der Waals surface area contributed by atoms with Gasteiger partial charge in [-0.2, -0.15) is 0 Å². The third-order valence-electron chi connectivity index (χ3n) is 6.82. The number of hydrogen-bond acceptors (Lipinski definition) is 8. The highest BCUT2D eigenvalue weighted by atomic mass is 16.6. The molecule has 1 heterocycles. The molecule has 42 heavy (non-hydrogen) atoms. The third-order valence-corrected chi connectivity index (χ3v) is 6.82. The lowest BCUT2D eigenvalue weighted by Gasteiger charge is -2.26. The van der Waals surface area contributed by atoms with Gasteiger partial charge in [-0.25, -0.2) is 9.59 Å². The number of anilines is 1. The Bertz CT molecular complexity index is 1380. The number of carbonyl (C=O) groups is 4. The third kappa shape index (κ3) is 7.60. The van der Waals surface area contributed by atoms with E-state index >= 15 is 0 Å². The van der Waals surface area contributed by atoms with E-state index in [4.69, 9.17) is 18.9 Å². The average Bonchev–Trinajstić information content (AvgIpc) is 3.34. The van der Waals surface area contributed by atoms with Gasteiger partial charge in [0.15, 0.2) is 12.4 Å². The summed E-state index contributed by atoms with van der Waals surface area (Å²) in [5.74, 6) is -2.24. The van der Waals surface area contributed by atoms with E-state index in [-0.39, 0.29) is 34.1 Å². The van der Waals surface area contributed by atoms with Gasteiger partial charge in [0.25, 0.3) is 5.91 Å². The molecule has 10 heteroatoms. The van der Waals surface area contributed by atoms with Crippen LogP contribution >= 0.6 is 0 Å². The molecule has 1 N–H and O–H groups in total. The van der Waals surface area contributed by atoms with Crippen molar-refractivity contribution in [3.05, 3.63) is 47.0 Å². The largest absolute Gasteiger partial charge is 0.481 e. The summed E-state index contributed by atoms with van der Waals surface area (Å²) in [7, 11) is 0. The van der Waals surface area contributed by atoms with Crippen LogP contribution in [0.15, 0.2) is 30.3 Å². The van der Waals surface area contributed by atoms with Crippen molar-refractivity contribution in [3.63, 3.8) is 0 Å². The highest BCUT2D eigenvalue weighted by Crippen LogP contribution is 2.45. The Kier molecular flexibility index (Phi) is 8.84. The molecule has 0 bridgehead atoms. The Morgan fingerprint density at radius 2 is 1.55 bits per heavy atom. The summed E-state index contributed by atoms with van der Waals surface area (Å²) in [6.45, 7) is 9.43. The Hall–Kier alpha value is -4.08. The van der Waals surface area contributed by atoms with E-state index in [0.717, 1.165) is 36.1 Å². The fourth-order valence-corrected chi connectivity index (χ4v) is 5.22. The van der Waals surface area contributed by atoms with E-state index < -0.39 is 48.2 Å². The van der Waals surface area contributed by atoms with Gasteiger partial charge >= 0.3 is 17.9 Å². The van der Waals surface area contributed by atoms with Crippen molar-refractivity contribution in [3.8, 4) is 17.2 Å². The van der Waals surface area contributed by atoms with Crippen LogP contribution < -0.4 is 14.4 Å². The SMILES string of the molecule is CC(C)(C)OC(=O)COc1c(CC2CCCC2)ccc2c1C(=O)N(CC(=O)OC(C)(C)C)c1cc(C(=O)O)ccc1O2. The molecule has 0 unspecified atom stereocenters. The predicted octanol–water partition coefficient (Wildman–Crippen LogP) is 5.93. The summed E-state index contributed by atoms with van der Waals surface area (Å²) in [4.78, 5) is 52.9. The van der Waals surface area contributed by atoms with Crippen molar-refractivity contribution in [2.45, 2.75) is 84.8 Å². The molecule has 10 nitrogen and oxygen atoms in total. The number of nitrogens with zero attached hydrogens (tertiary/aromatic N) is 1. The highest BCUT2D eigenvalue weighted by molar-refractivity contribution is 6.14. The van der Waals surface area contributed by atoms with Crippen molar-refractivity contribution in [2.24, 2.45) is 5.92 Å². The maximum atomic E-state index is 14.4. The lowest BCUT2D eigenvalue weighted by atomic mass is 9.95. The Morgan fingerprint density at radius 3 is 2.17 bits per heavy atom. The summed E-state index contributed by atoms with van der Waals surface area (Å²) >= 11 is 0. The first-order valence-electron chi connectivity index (χ1n) is 14.2. The minimum Gasteiger partial charge on any atom is -0.481 e. The Morgan fingerprint density at radius 1 is 0.929 bits per heavy atom. The molecule has 226 valence electrons. The van der Waals surface area contributed by atoms with Gasteiger partial charge in [0.2, 0.25) is 0 Å². The lowest BCUT2D eigenvalue weighted by molar-refractivity contribution is -0.157. The van der Waals surface area contributed by atoms with Crippen LogP contribution in [-0.2, 0) is 25.5 Å². The molecule has 2 aromatic rings. The molecule has 1 aliphatic heterocycles. The highest BCUT2D eigenvalue weighted by Gasteiger charge is 2.36. The first-order chi connectivity index (χ1) is 19.6. The molecule has 1 saturated carbocycles. The maximum absolute atomic E-state index is 14.4. The number of rotatable bonds is 8. The number of carboxylic acids is 1. The van der Waals surface area contributed by atoms with Crippen molar-refractivity contribution < 1.29 is 43.2 Å². The van der Waals surface area contributed by atoms with Gasteiger partial charge in [0.1, 0.15) is 34.8 Å². The van der Waals surface area contributed by atoms with Gasteiger partial charge in [-0.05, 0) is 83.7 Å². The van der Waals surface area contributed by atoms with Crippen molar-refractivity contribution in [2.75, 3.05) is 18.1 Å². The number of ether oxygens (including phenoxy) is 4. The van der Waals surface area contributed by atoms with Crippen molar-refractivity contribution >= 4 is 29.5 Å². The maximum Gasteiger partial charge on any atom is 0.344 e. The molecular weight excluding hydrogens is 542 g/mol. The van der Waals surface area contributed by atoms with Gasteiger partial charge in [-0.3, -0.25) is 14.5 Å². The monoisotopic (exact) mass is 581 g/mol. The predicted molar refractivity (Wildman–Crippen MR) is 154 cm³/mol. The zero-order valence-corrected chi connectivity index (χ0v) is 25.1. The van der Waals surface area contributed by atoms with Gasteiger partial charge in [-0.15, -0.1) is 0 Å². The van der Waals surface area contributed by atoms with E-state index in [1.54, 1.807) is 47.6 Å². The number of amides is 1. The minimum absolute atomic E-state index is 0.0330. The minimum atomic E-state index is -1.20. The van der Waals surface area contributed by atoms with E-state index in [0.29, 0.717) is 12.3 Å². The van der Waals surface area contributed by atoms with Crippen LogP contribution in [0, 0.1) is 5.92 Å². The van der Waals surface area contributed by atoms with Crippen LogP contribution in [0.1, 0.15) is 93.5 Å². The van der Waals surface area contributed by atoms with E-state index in [1.165, 1.54) is 18.2 Å². The zero-order chi connectivity index (χ0) is 30.8. The number of fused-ring (bicyclic) bond motifs is 2. The fourth-order valence-electron chi connectivity index (χ4n) is 5.22. The molecule has 0 aromatic heterocycles. The van der Waals surface area contributed by atoms with Crippen LogP contribution in [-0.4, -0.2) is 53.3 Å². The molecule has 2 aliphatic rings. The van der Waals surface area contributed by atoms with Gasteiger partial charge < -0.3 is 24.1 Å². The molecule has 0 spiro atoms. The van der Waals surface area contributed by atoms with E-state index in [1.807, 2.05) is 6.07 Å². The molecule has 0 saturated heterocycles. The molecular formula is C32H39NO9. The molecule has 0 atom stereocenters. The van der Waals surface area contributed by atoms with Crippen LogP contribution in [0.5, 0.6) is 17.2 Å². The summed E-state index contributed by atoms with van der Waals surface area (Å²) in [5, 5.41) is 9.64. The summed E-state index contributed by atoms with van der Waals surface area (Å²) in [5.41, 5.74) is -0.775. The quantitative estimate of drug-likeness (QED) is 0.377. The number of esters is 2. The van der Waals surface area contributed by atoms with Crippen LogP contribution in [0.3, 0.4) is 0 Å². The second-order valence-electron chi connectivity index (χ2n) is 12.7. The lowest BCUT2D eigenvalue weighted by Crippen LogP contribution is -2.39. The van der Waals surface area contributed by atoms with Crippen molar-refractivity contribution in [1.29, 1.82) is 0 Å². The number of benzene rings is 2. The molecule has 0 radical (unpaired) electrons. The molecule has 4 rings (SSSR count). The Labute approximate surface area is 245 Å². The molecule has 1 fully saturated rings. The van der Waals surface area contributed by atoms with Gasteiger partial charge in [0.05, 0.1) is 11.3 Å². The summed E-state index contributed by atoms with van der Waals surface area (Å²) in [6, 6.07) is 7.58. The zero-order valence-electron chi connectivity index (χ0n) is 25.1. The average molecular weight is 582 g/mol. The van der Waals surface area contributed by atoms with E-state index in [9.17, 15) is 24.3 Å². The normalized spacial score (nSPS) is 15.3. The Balaban J connectivity index is 1.82. The van der Waals surface area contributed by atoms with Crippen molar-refractivity contribution in [1.82, 2.24) is 0 Å².